The lowest BCUT2D eigenvalue weighted by Gasteiger charge is -2.11. The van der Waals surface area contributed by atoms with E-state index in [-0.39, 0.29) is 12.4 Å². The van der Waals surface area contributed by atoms with E-state index in [0.29, 0.717) is 28.7 Å². The summed E-state index contributed by atoms with van der Waals surface area (Å²) >= 11 is 0. The van der Waals surface area contributed by atoms with E-state index in [0.717, 1.165) is 11.4 Å². The Bertz CT molecular complexity index is 987. The molecule has 0 amide bonds. The maximum atomic E-state index is 13.8. The fourth-order valence-electron chi connectivity index (χ4n) is 2.65. The Morgan fingerprint density at radius 3 is 2.73 bits per heavy atom. The Morgan fingerprint density at radius 1 is 1.08 bits per heavy atom. The Balaban J connectivity index is 1.64. The fourth-order valence-corrected chi connectivity index (χ4v) is 2.65. The predicted molar refractivity (Wildman–Crippen MR) is 99.0 cm³/mol. The van der Waals surface area contributed by atoms with E-state index in [1.165, 1.54) is 6.07 Å². The van der Waals surface area contributed by atoms with Crippen molar-refractivity contribution in [2.24, 2.45) is 10.8 Å². The third-order valence-electron chi connectivity index (χ3n) is 3.96. The maximum absolute atomic E-state index is 13.8. The standard InChI is InChI=1S/C18H16FN7/c19-13-6-2-1-5-11(13)9-21-18-22-10-12-16(25-18)23-14-7-3-4-8-15(14)24-17(12)26-20/h1-8,10H,9,20H2,(H,24,26)(H2,21,22,23,25). The van der Waals surface area contributed by atoms with E-state index in [4.69, 9.17) is 5.84 Å². The second kappa shape index (κ2) is 6.77. The van der Waals surface area contributed by atoms with E-state index in [1.54, 1.807) is 24.4 Å². The predicted octanol–water partition coefficient (Wildman–Crippen LogP) is 2.83. The van der Waals surface area contributed by atoms with Crippen LogP contribution in [0.25, 0.3) is 0 Å². The van der Waals surface area contributed by atoms with Gasteiger partial charge in [-0.1, -0.05) is 30.3 Å². The summed E-state index contributed by atoms with van der Waals surface area (Å²) in [5, 5.41) is 6.28. The average Bonchev–Trinajstić information content (AvgIpc) is 2.83. The van der Waals surface area contributed by atoms with Crippen molar-refractivity contribution in [1.82, 2.24) is 15.4 Å². The van der Waals surface area contributed by atoms with Gasteiger partial charge in [0, 0.05) is 18.3 Å². The van der Waals surface area contributed by atoms with E-state index < -0.39 is 0 Å². The Hall–Kier alpha value is -3.52. The van der Waals surface area contributed by atoms with Crippen LogP contribution in [0.3, 0.4) is 0 Å². The number of nitrogens with two attached hydrogens (primary N) is 1. The molecular formula is C18H16FN7. The normalized spacial score (nSPS) is 12.2. The van der Waals surface area contributed by atoms with Crippen LogP contribution in [0.1, 0.15) is 11.1 Å². The molecule has 4 rings (SSSR count). The second-order valence-electron chi connectivity index (χ2n) is 5.65. The van der Waals surface area contributed by atoms with Gasteiger partial charge in [0.25, 0.3) is 0 Å². The summed E-state index contributed by atoms with van der Waals surface area (Å²) in [4.78, 5) is 13.3. The van der Waals surface area contributed by atoms with Gasteiger partial charge in [0.05, 0.1) is 16.9 Å². The number of nitrogens with zero attached hydrogens (tertiary/aromatic N) is 3. The third kappa shape index (κ3) is 3.05. The molecule has 7 nitrogen and oxygen atoms in total. The van der Waals surface area contributed by atoms with E-state index in [1.807, 2.05) is 24.3 Å². The molecule has 1 aromatic heterocycles. The molecule has 8 heteroatoms. The first kappa shape index (κ1) is 16.0. The molecule has 0 atom stereocenters. The number of aromatic nitrogens is 2. The molecule has 5 N–H and O–H groups in total. The number of hydrogen-bond acceptors (Lipinski definition) is 7. The van der Waals surface area contributed by atoms with Crippen LogP contribution in [0.2, 0.25) is 0 Å². The number of benzene rings is 2. The first-order valence-corrected chi connectivity index (χ1v) is 8.00. The van der Waals surface area contributed by atoms with Gasteiger partial charge < -0.3 is 16.1 Å². The number of nitrogens with one attached hydrogen (secondary N) is 3. The molecule has 0 unspecified atom stereocenters. The van der Waals surface area contributed by atoms with Crippen LogP contribution >= 0.6 is 0 Å². The summed E-state index contributed by atoms with van der Waals surface area (Å²) in [5.41, 5.74) is 5.30. The molecule has 0 bridgehead atoms. The molecular weight excluding hydrogens is 333 g/mol. The maximum Gasteiger partial charge on any atom is 0.224 e. The minimum Gasteiger partial charge on any atom is -0.350 e. The molecule has 130 valence electrons. The minimum atomic E-state index is -0.274. The third-order valence-corrected chi connectivity index (χ3v) is 3.96. The minimum absolute atomic E-state index is 0.274. The Labute approximate surface area is 149 Å². The van der Waals surface area contributed by atoms with Gasteiger partial charge in [-0.3, -0.25) is 0 Å². The number of anilines is 3. The Kier molecular flexibility index (Phi) is 4.16. The molecule has 0 fully saturated rings. The lowest BCUT2D eigenvalue weighted by Crippen LogP contribution is -2.31. The number of rotatable bonds is 3. The van der Waals surface area contributed by atoms with Gasteiger partial charge in [-0.15, -0.1) is 0 Å². The summed E-state index contributed by atoms with van der Waals surface area (Å²) in [6.45, 7) is 0.276. The molecule has 0 spiro atoms. The molecule has 0 saturated heterocycles. The smallest absolute Gasteiger partial charge is 0.224 e. The number of halogens is 1. The topological polar surface area (TPSA) is 100 Å². The Morgan fingerprint density at radius 2 is 1.88 bits per heavy atom. The molecule has 2 aromatic carbocycles. The molecule has 0 radical (unpaired) electrons. The zero-order chi connectivity index (χ0) is 17.9. The van der Waals surface area contributed by atoms with E-state index in [2.05, 4.69) is 31.0 Å². The van der Waals surface area contributed by atoms with Crippen LogP contribution in [-0.2, 0) is 6.54 Å². The summed E-state index contributed by atoms with van der Waals surface area (Å²) in [6, 6.07) is 14.1. The van der Waals surface area contributed by atoms with Crippen LogP contribution in [-0.4, -0.2) is 15.8 Å². The quantitative estimate of drug-likeness (QED) is 0.429. The molecule has 26 heavy (non-hydrogen) atoms. The van der Waals surface area contributed by atoms with Gasteiger partial charge in [-0.25, -0.2) is 20.2 Å². The van der Waals surface area contributed by atoms with E-state index >= 15 is 0 Å². The molecule has 0 saturated carbocycles. The van der Waals surface area contributed by atoms with Crippen LogP contribution in [0.5, 0.6) is 0 Å². The van der Waals surface area contributed by atoms with Crippen LogP contribution in [0, 0.1) is 5.82 Å². The van der Waals surface area contributed by atoms with Crippen molar-refractivity contribution in [3.05, 3.63) is 71.7 Å². The number of hydrogen-bond donors (Lipinski definition) is 4. The number of para-hydroxylation sites is 2. The average molecular weight is 349 g/mol. The molecule has 0 aliphatic carbocycles. The lowest BCUT2D eigenvalue weighted by molar-refractivity contribution is 0.612. The first-order chi connectivity index (χ1) is 12.7. The van der Waals surface area contributed by atoms with Gasteiger partial charge in [0.2, 0.25) is 5.95 Å². The van der Waals surface area contributed by atoms with Crippen molar-refractivity contribution in [2.75, 3.05) is 10.6 Å². The summed E-state index contributed by atoms with van der Waals surface area (Å²) in [7, 11) is 0. The van der Waals surface area contributed by atoms with Gasteiger partial charge >= 0.3 is 0 Å². The zero-order valence-electron chi connectivity index (χ0n) is 13.7. The van der Waals surface area contributed by atoms with Crippen LogP contribution < -0.4 is 21.9 Å². The number of aliphatic imine (C=N–C) groups is 1. The van der Waals surface area contributed by atoms with Crippen molar-refractivity contribution in [3.63, 3.8) is 0 Å². The fraction of sp³-hybridized carbons (Fsp3) is 0.0556. The monoisotopic (exact) mass is 349 g/mol. The summed E-state index contributed by atoms with van der Waals surface area (Å²) in [5.74, 6) is 6.72. The number of amidine groups is 1. The first-order valence-electron chi connectivity index (χ1n) is 8.00. The molecule has 1 aliphatic rings. The van der Waals surface area contributed by atoms with Crippen molar-refractivity contribution >= 4 is 29.0 Å². The zero-order valence-corrected chi connectivity index (χ0v) is 13.7. The number of hydrazine groups is 1. The van der Waals surface area contributed by atoms with Crippen molar-refractivity contribution in [1.29, 1.82) is 0 Å². The van der Waals surface area contributed by atoms with Crippen molar-refractivity contribution in [3.8, 4) is 0 Å². The largest absolute Gasteiger partial charge is 0.350 e. The van der Waals surface area contributed by atoms with E-state index in [9.17, 15) is 4.39 Å². The molecule has 1 aliphatic heterocycles. The van der Waals surface area contributed by atoms with Crippen LogP contribution in [0.4, 0.5) is 27.5 Å². The highest BCUT2D eigenvalue weighted by Crippen LogP contribution is 2.32. The number of fused-ring (bicyclic) bond motifs is 2. The highest BCUT2D eigenvalue weighted by Gasteiger charge is 2.18. The molecule has 2 heterocycles. The molecule has 3 aromatic rings. The summed E-state index contributed by atoms with van der Waals surface area (Å²) < 4.78 is 13.8. The second-order valence-corrected chi connectivity index (χ2v) is 5.65. The van der Waals surface area contributed by atoms with Gasteiger partial charge in [0.1, 0.15) is 11.6 Å². The van der Waals surface area contributed by atoms with Crippen molar-refractivity contribution < 1.29 is 4.39 Å². The van der Waals surface area contributed by atoms with Crippen LogP contribution in [0.15, 0.2) is 59.7 Å². The summed E-state index contributed by atoms with van der Waals surface area (Å²) in [6.07, 6.45) is 1.61. The van der Waals surface area contributed by atoms with Gasteiger partial charge in [-0.2, -0.15) is 4.98 Å². The SMILES string of the molecule is NNC1=Nc2ccccc2Nc2nc(NCc3ccccc3F)ncc21. The lowest BCUT2D eigenvalue weighted by atomic mass is 10.2. The van der Waals surface area contributed by atoms with Gasteiger partial charge in [0.15, 0.2) is 5.84 Å². The highest BCUT2D eigenvalue weighted by atomic mass is 19.1. The highest BCUT2D eigenvalue weighted by molar-refractivity contribution is 6.06. The van der Waals surface area contributed by atoms with Crippen molar-refractivity contribution in [2.45, 2.75) is 6.54 Å². The van der Waals surface area contributed by atoms with Gasteiger partial charge in [-0.05, 0) is 18.2 Å².